The highest BCUT2D eigenvalue weighted by atomic mass is 32.2. The SMILES string of the molecule is CC(C)=CCC1N(S(=O)(=O)c2ccc(F)cc2)c2ccc(C(=O)Nc3cccc(S(N)(=O)=O)c3)cc2C12CCC(O)(C(F)(F)F)CC2. The van der Waals surface area contributed by atoms with Crippen LogP contribution in [0, 0.1) is 5.82 Å². The van der Waals surface area contributed by atoms with E-state index >= 15 is 0 Å². The van der Waals surface area contributed by atoms with E-state index in [0.29, 0.717) is 5.56 Å². The smallest absolute Gasteiger partial charge is 0.380 e. The minimum atomic E-state index is -4.92. The second kappa shape index (κ2) is 12.0. The summed E-state index contributed by atoms with van der Waals surface area (Å²) in [5.74, 6) is -1.36. The second-order valence-electron chi connectivity index (χ2n) is 12.2. The molecule has 1 heterocycles. The van der Waals surface area contributed by atoms with Crippen LogP contribution in [0.15, 0.2) is 88.2 Å². The summed E-state index contributed by atoms with van der Waals surface area (Å²) >= 11 is 0. The summed E-state index contributed by atoms with van der Waals surface area (Å²) in [6.45, 7) is 3.59. The Bertz CT molecular complexity index is 1950. The number of hydrogen-bond donors (Lipinski definition) is 3. The van der Waals surface area contributed by atoms with Crippen LogP contribution in [0.4, 0.5) is 28.9 Å². The molecular formula is C32H33F4N3O6S2. The van der Waals surface area contributed by atoms with Gasteiger partial charge >= 0.3 is 6.18 Å². The average molecular weight is 696 g/mol. The van der Waals surface area contributed by atoms with Gasteiger partial charge in [0.1, 0.15) is 5.82 Å². The molecule has 9 nitrogen and oxygen atoms in total. The minimum absolute atomic E-state index is 0.0304. The quantitative estimate of drug-likeness (QED) is 0.212. The van der Waals surface area contributed by atoms with E-state index in [-0.39, 0.29) is 46.0 Å². The first kappa shape index (κ1) is 34.5. The number of rotatable bonds is 7. The lowest BCUT2D eigenvalue weighted by Gasteiger charge is -2.46. The van der Waals surface area contributed by atoms with Crippen molar-refractivity contribution in [1.29, 1.82) is 0 Å². The van der Waals surface area contributed by atoms with E-state index in [1.54, 1.807) is 19.9 Å². The molecule has 0 bridgehead atoms. The van der Waals surface area contributed by atoms with Crippen molar-refractivity contribution >= 4 is 37.3 Å². The zero-order valence-corrected chi connectivity index (χ0v) is 27.0. The Hall–Kier alpha value is -3.79. The number of allylic oxidation sites excluding steroid dienone is 1. The molecule has 1 amide bonds. The zero-order valence-electron chi connectivity index (χ0n) is 25.4. The zero-order chi connectivity index (χ0) is 34.6. The van der Waals surface area contributed by atoms with Crippen LogP contribution in [-0.2, 0) is 25.5 Å². The molecule has 3 aromatic rings. The van der Waals surface area contributed by atoms with Crippen LogP contribution in [0.1, 0.15) is 61.9 Å². The number of amides is 1. The van der Waals surface area contributed by atoms with Crippen LogP contribution in [0.3, 0.4) is 0 Å². The third kappa shape index (κ3) is 6.41. The second-order valence-corrected chi connectivity index (χ2v) is 15.6. The Morgan fingerprint density at radius 1 is 0.979 bits per heavy atom. The van der Waals surface area contributed by atoms with Crippen LogP contribution in [-0.4, -0.2) is 45.7 Å². The average Bonchev–Trinajstić information content (AvgIpc) is 3.26. The van der Waals surface area contributed by atoms with Gasteiger partial charge in [0.15, 0.2) is 5.60 Å². The van der Waals surface area contributed by atoms with E-state index in [1.165, 1.54) is 36.4 Å². The highest BCUT2D eigenvalue weighted by Gasteiger charge is 2.62. The number of alkyl halides is 3. The molecule has 2 aliphatic rings. The Morgan fingerprint density at radius 2 is 1.62 bits per heavy atom. The molecule has 1 aliphatic heterocycles. The Labute approximate surface area is 270 Å². The minimum Gasteiger partial charge on any atom is -0.380 e. The molecule has 0 saturated heterocycles. The summed E-state index contributed by atoms with van der Waals surface area (Å²) in [5.41, 5.74) is -2.81. The molecule has 1 unspecified atom stereocenters. The standard InChI is InChI=1S/C32H33F4N3O6S2/c1-20(2)6-13-28-30(14-16-31(41,17-15-30)32(34,35)36)26-18-21(29(40)38-23-4-3-5-25(19-23)46(37,42)43)7-12-27(26)39(28)47(44,45)24-10-8-22(33)9-11-24/h3-12,18-19,28,41H,13-17H2,1-2H3,(H,38,40)(H2,37,42,43). The molecule has 1 atom stereocenters. The highest BCUT2D eigenvalue weighted by molar-refractivity contribution is 7.93. The molecule has 47 heavy (non-hydrogen) atoms. The van der Waals surface area contributed by atoms with Gasteiger partial charge in [0.05, 0.1) is 21.5 Å². The van der Waals surface area contributed by atoms with E-state index in [2.05, 4.69) is 5.32 Å². The highest BCUT2D eigenvalue weighted by Crippen LogP contribution is 2.59. The van der Waals surface area contributed by atoms with Crippen molar-refractivity contribution < 1.29 is 44.3 Å². The largest absolute Gasteiger partial charge is 0.417 e. The number of anilines is 2. The Balaban J connectivity index is 1.65. The molecule has 15 heteroatoms. The predicted molar refractivity (Wildman–Crippen MR) is 167 cm³/mol. The van der Waals surface area contributed by atoms with E-state index < -0.39 is 67.8 Å². The van der Waals surface area contributed by atoms with Gasteiger partial charge in [-0.3, -0.25) is 9.10 Å². The van der Waals surface area contributed by atoms with Crippen LogP contribution < -0.4 is 14.8 Å². The summed E-state index contributed by atoms with van der Waals surface area (Å²) < 4.78 is 109. The number of nitrogens with two attached hydrogens (primary N) is 1. The third-order valence-corrected chi connectivity index (χ3v) is 11.7. The van der Waals surface area contributed by atoms with Gasteiger partial charge < -0.3 is 10.4 Å². The molecule has 252 valence electrons. The van der Waals surface area contributed by atoms with Gasteiger partial charge in [0.2, 0.25) is 10.0 Å². The molecule has 1 fully saturated rings. The summed E-state index contributed by atoms with van der Waals surface area (Å²) in [5, 5.41) is 18.4. The lowest BCUT2D eigenvalue weighted by atomic mass is 9.62. The van der Waals surface area contributed by atoms with Gasteiger partial charge in [-0.1, -0.05) is 17.7 Å². The van der Waals surface area contributed by atoms with Crippen molar-refractivity contribution in [3.05, 3.63) is 95.3 Å². The van der Waals surface area contributed by atoms with Crippen molar-refractivity contribution in [2.24, 2.45) is 5.14 Å². The van der Waals surface area contributed by atoms with Crippen LogP contribution in [0.5, 0.6) is 0 Å². The number of carbonyl (C=O) groups excluding carboxylic acids is 1. The summed E-state index contributed by atoms with van der Waals surface area (Å²) in [4.78, 5) is 13.0. The summed E-state index contributed by atoms with van der Waals surface area (Å²) in [6.07, 6.45) is -4.96. The number of aliphatic hydroxyl groups is 1. The fourth-order valence-electron chi connectivity index (χ4n) is 6.48. The van der Waals surface area contributed by atoms with Crippen molar-refractivity contribution in [3.8, 4) is 0 Å². The lowest BCUT2D eigenvalue weighted by molar-refractivity contribution is -0.273. The van der Waals surface area contributed by atoms with Crippen molar-refractivity contribution in [2.45, 2.75) is 79.0 Å². The molecule has 1 spiro atoms. The first-order chi connectivity index (χ1) is 21.8. The Kier molecular flexibility index (Phi) is 8.84. The first-order valence-electron chi connectivity index (χ1n) is 14.6. The van der Waals surface area contributed by atoms with Gasteiger partial charge in [0.25, 0.3) is 15.9 Å². The first-order valence-corrected chi connectivity index (χ1v) is 17.6. The topological polar surface area (TPSA) is 147 Å². The molecule has 5 rings (SSSR count). The van der Waals surface area contributed by atoms with Crippen LogP contribution >= 0.6 is 0 Å². The molecule has 0 aromatic heterocycles. The van der Waals surface area contributed by atoms with Gasteiger partial charge in [-0.05, 0) is 112 Å². The predicted octanol–water partition coefficient (Wildman–Crippen LogP) is 5.76. The van der Waals surface area contributed by atoms with Crippen LogP contribution in [0.25, 0.3) is 0 Å². The fraction of sp³-hybridized carbons (Fsp3) is 0.344. The third-order valence-electron chi connectivity index (χ3n) is 8.99. The maximum atomic E-state index is 14.3. The van der Waals surface area contributed by atoms with Gasteiger partial charge in [-0.15, -0.1) is 0 Å². The van der Waals surface area contributed by atoms with E-state index in [4.69, 9.17) is 5.14 Å². The van der Waals surface area contributed by atoms with Crippen molar-refractivity contribution in [1.82, 2.24) is 0 Å². The number of hydrogen-bond acceptors (Lipinski definition) is 6. The summed E-state index contributed by atoms with van der Waals surface area (Å²) in [7, 11) is -8.49. The number of benzene rings is 3. The maximum absolute atomic E-state index is 14.3. The number of nitrogens with zero attached hydrogens (tertiary/aromatic N) is 1. The van der Waals surface area contributed by atoms with E-state index in [9.17, 15) is 44.3 Å². The maximum Gasteiger partial charge on any atom is 0.417 e. The molecule has 1 saturated carbocycles. The number of halogens is 4. The number of fused-ring (bicyclic) bond motifs is 2. The van der Waals surface area contributed by atoms with Gasteiger partial charge in [-0.2, -0.15) is 13.2 Å². The number of sulfonamides is 2. The normalized spacial score (nSPS) is 23.0. The fourth-order valence-corrected chi connectivity index (χ4v) is 8.78. The van der Waals surface area contributed by atoms with Crippen molar-refractivity contribution in [2.75, 3.05) is 9.62 Å². The number of nitrogens with one attached hydrogen (secondary N) is 1. The molecule has 1 aliphatic carbocycles. The monoisotopic (exact) mass is 695 g/mol. The number of carbonyl (C=O) groups is 1. The van der Waals surface area contributed by atoms with Crippen molar-refractivity contribution in [3.63, 3.8) is 0 Å². The van der Waals surface area contributed by atoms with Gasteiger partial charge in [0, 0.05) is 16.7 Å². The van der Waals surface area contributed by atoms with E-state index in [1.807, 2.05) is 0 Å². The molecule has 3 aromatic carbocycles. The molecule has 4 N–H and O–H groups in total. The van der Waals surface area contributed by atoms with E-state index in [0.717, 1.165) is 40.2 Å². The van der Waals surface area contributed by atoms with Gasteiger partial charge in [-0.25, -0.2) is 26.4 Å². The van der Waals surface area contributed by atoms with Crippen LogP contribution in [0.2, 0.25) is 0 Å². The number of primary sulfonamides is 1. The molecule has 0 radical (unpaired) electrons. The lowest BCUT2D eigenvalue weighted by Crippen LogP contribution is -2.55. The summed E-state index contributed by atoms with van der Waals surface area (Å²) in [6, 6.07) is 12.7. The molecular weight excluding hydrogens is 662 g/mol. The Morgan fingerprint density at radius 3 is 2.19 bits per heavy atom.